The molecule has 3 aromatic rings. The van der Waals surface area contributed by atoms with E-state index in [0.29, 0.717) is 43.2 Å². The lowest BCUT2D eigenvalue weighted by Gasteiger charge is -2.27. The second-order valence-corrected chi connectivity index (χ2v) is 6.45. The summed E-state index contributed by atoms with van der Waals surface area (Å²) in [5, 5.41) is 3.31. The van der Waals surface area contributed by atoms with E-state index in [1.165, 1.54) is 6.92 Å². The van der Waals surface area contributed by atoms with Crippen LogP contribution < -0.4 is 15.8 Å². The number of hydrogen-bond donors (Lipinski definition) is 2. The molecular weight excluding hydrogens is 344 g/mol. The van der Waals surface area contributed by atoms with Gasteiger partial charge in [0, 0.05) is 31.3 Å². The first-order chi connectivity index (χ1) is 13.1. The van der Waals surface area contributed by atoms with Crippen LogP contribution in [-0.4, -0.2) is 42.2 Å². The van der Waals surface area contributed by atoms with Crippen molar-refractivity contribution < 1.29 is 9.53 Å². The zero-order valence-electron chi connectivity index (χ0n) is 15.0. The SMILES string of the molecule is CC(=O)Nc1ccc(-c2cccc3c(=O)[nH]c(N4CCOCC4)nc23)cc1. The molecule has 0 spiro atoms. The molecule has 1 aliphatic heterocycles. The van der Waals surface area contributed by atoms with Gasteiger partial charge in [-0.2, -0.15) is 0 Å². The molecule has 7 heteroatoms. The molecule has 1 amide bonds. The van der Waals surface area contributed by atoms with Crippen molar-refractivity contribution in [1.29, 1.82) is 0 Å². The van der Waals surface area contributed by atoms with Crippen LogP contribution in [0.25, 0.3) is 22.0 Å². The average Bonchev–Trinajstić information content (AvgIpc) is 2.68. The smallest absolute Gasteiger partial charge is 0.260 e. The number of aromatic nitrogens is 2. The van der Waals surface area contributed by atoms with Gasteiger partial charge in [0.1, 0.15) is 0 Å². The number of hydrogen-bond acceptors (Lipinski definition) is 5. The highest BCUT2D eigenvalue weighted by Gasteiger charge is 2.16. The molecule has 0 aliphatic carbocycles. The summed E-state index contributed by atoms with van der Waals surface area (Å²) in [7, 11) is 0. The Morgan fingerprint density at radius 3 is 2.59 bits per heavy atom. The number of amides is 1. The number of benzene rings is 2. The summed E-state index contributed by atoms with van der Waals surface area (Å²) in [5.74, 6) is 0.453. The number of carbonyl (C=O) groups excluding carboxylic acids is 1. The van der Waals surface area contributed by atoms with Crippen LogP contribution in [0.4, 0.5) is 11.6 Å². The number of nitrogens with one attached hydrogen (secondary N) is 2. The van der Waals surface area contributed by atoms with Crippen molar-refractivity contribution in [2.45, 2.75) is 6.92 Å². The van der Waals surface area contributed by atoms with E-state index >= 15 is 0 Å². The maximum Gasteiger partial charge on any atom is 0.260 e. The summed E-state index contributed by atoms with van der Waals surface area (Å²) >= 11 is 0. The predicted molar refractivity (Wildman–Crippen MR) is 105 cm³/mol. The Hall–Kier alpha value is -3.19. The number of fused-ring (bicyclic) bond motifs is 1. The number of aromatic amines is 1. The maximum absolute atomic E-state index is 12.6. The number of rotatable bonds is 3. The van der Waals surface area contributed by atoms with E-state index in [1.54, 1.807) is 6.07 Å². The third kappa shape index (κ3) is 3.54. The van der Waals surface area contributed by atoms with E-state index in [0.717, 1.165) is 16.8 Å². The van der Waals surface area contributed by atoms with Gasteiger partial charge < -0.3 is 15.0 Å². The molecular formula is C20H20N4O3. The molecule has 27 heavy (non-hydrogen) atoms. The van der Waals surface area contributed by atoms with Crippen molar-refractivity contribution in [2.75, 3.05) is 36.5 Å². The van der Waals surface area contributed by atoms with Gasteiger partial charge in [-0.3, -0.25) is 14.6 Å². The fourth-order valence-corrected chi connectivity index (χ4v) is 3.24. The number of morpholine rings is 1. The third-order valence-corrected chi connectivity index (χ3v) is 4.55. The minimum Gasteiger partial charge on any atom is -0.378 e. The fourth-order valence-electron chi connectivity index (χ4n) is 3.24. The van der Waals surface area contributed by atoms with Gasteiger partial charge >= 0.3 is 0 Å². The Balaban J connectivity index is 1.79. The molecule has 2 aromatic carbocycles. The highest BCUT2D eigenvalue weighted by Crippen LogP contribution is 2.28. The van der Waals surface area contributed by atoms with Gasteiger partial charge in [-0.1, -0.05) is 24.3 Å². The van der Waals surface area contributed by atoms with Crippen LogP contribution in [0.2, 0.25) is 0 Å². The molecule has 7 nitrogen and oxygen atoms in total. The van der Waals surface area contributed by atoms with Crippen molar-refractivity contribution in [2.24, 2.45) is 0 Å². The summed E-state index contributed by atoms with van der Waals surface area (Å²) in [6.07, 6.45) is 0. The number of carbonyl (C=O) groups is 1. The first-order valence-electron chi connectivity index (χ1n) is 8.85. The van der Waals surface area contributed by atoms with Crippen LogP contribution in [0.1, 0.15) is 6.92 Å². The van der Waals surface area contributed by atoms with Crippen LogP contribution in [0.5, 0.6) is 0 Å². The Bertz CT molecular complexity index is 1040. The lowest BCUT2D eigenvalue weighted by atomic mass is 10.0. The summed E-state index contributed by atoms with van der Waals surface area (Å²) in [6.45, 7) is 4.11. The minimum absolute atomic E-state index is 0.115. The number of ether oxygens (including phenoxy) is 1. The third-order valence-electron chi connectivity index (χ3n) is 4.55. The first kappa shape index (κ1) is 17.2. The van der Waals surface area contributed by atoms with E-state index in [4.69, 9.17) is 9.72 Å². The molecule has 1 aromatic heterocycles. The van der Waals surface area contributed by atoms with Gasteiger partial charge in [0.05, 0.1) is 24.1 Å². The molecule has 0 atom stereocenters. The molecule has 1 aliphatic rings. The Kier molecular flexibility index (Phi) is 4.60. The highest BCUT2D eigenvalue weighted by molar-refractivity contribution is 5.94. The summed E-state index contributed by atoms with van der Waals surface area (Å²) < 4.78 is 5.38. The zero-order chi connectivity index (χ0) is 18.8. The van der Waals surface area contributed by atoms with Crippen molar-refractivity contribution in [3.8, 4) is 11.1 Å². The van der Waals surface area contributed by atoms with Crippen molar-refractivity contribution in [3.63, 3.8) is 0 Å². The van der Waals surface area contributed by atoms with E-state index < -0.39 is 0 Å². The molecule has 138 valence electrons. The van der Waals surface area contributed by atoms with Crippen LogP contribution >= 0.6 is 0 Å². The van der Waals surface area contributed by atoms with Crippen LogP contribution in [0, 0.1) is 0 Å². The van der Waals surface area contributed by atoms with Crippen LogP contribution in [0.3, 0.4) is 0 Å². The van der Waals surface area contributed by atoms with Crippen LogP contribution in [0.15, 0.2) is 47.3 Å². The number of anilines is 2. The second kappa shape index (κ2) is 7.20. The molecule has 2 N–H and O–H groups in total. The van der Waals surface area contributed by atoms with E-state index in [1.807, 2.05) is 41.3 Å². The monoisotopic (exact) mass is 364 g/mol. The molecule has 4 rings (SSSR count). The van der Waals surface area contributed by atoms with Crippen molar-refractivity contribution in [3.05, 3.63) is 52.8 Å². The molecule has 1 saturated heterocycles. The molecule has 1 fully saturated rings. The molecule has 0 unspecified atom stereocenters. The normalized spacial score (nSPS) is 14.3. The summed E-state index contributed by atoms with van der Waals surface area (Å²) in [6, 6.07) is 13.1. The molecule has 0 bridgehead atoms. The van der Waals surface area contributed by atoms with Gasteiger partial charge in [-0.15, -0.1) is 0 Å². The highest BCUT2D eigenvalue weighted by atomic mass is 16.5. The van der Waals surface area contributed by atoms with Gasteiger partial charge in [0.15, 0.2) is 0 Å². The maximum atomic E-state index is 12.6. The molecule has 0 saturated carbocycles. The zero-order valence-corrected chi connectivity index (χ0v) is 15.0. The summed E-state index contributed by atoms with van der Waals surface area (Å²) in [4.78, 5) is 33.5. The number of para-hydroxylation sites is 1. The van der Waals surface area contributed by atoms with Gasteiger partial charge in [0.25, 0.3) is 5.56 Å². The molecule has 0 radical (unpaired) electrons. The van der Waals surface area contributed by atoms with Gasteiger partial charge in [0.2, 0.25) is 11.9 Å². The second-order valence-electron chi connectivity index (χ2n) is 6.45. The Morgan fingerprint density at radius 2 is 1.89 bits per heavy atom. The van der Waals surface area contributed by atoms with E-state index in [2.05, 4.69) is 10.3 Å². The van der Waals surface area contributed by atoms with E-state index in [-0.39, 0.29) is 11.5 Å². The standard InChI is InChI=1S/C20H20N4O3/c1-13(25)21-15-7-5-14(6-8-15)16-3-2-4-17-18(16)22-20(23-19(17)26)24-9-11-27-12-10-24/h2-8H,9-12H2,1H3,(H,21,25)(H,22,23,26). The first-order valence-corrected chi connectivity index (χ1v) is 8.85. The topological polar surface area (TPSA) is 87.3 Å². The number of H-pyrrole nitrogens is 1. The Labute approximate surface area is 156 Å². The number of nitrogens with zero attached hydrogens (tertiary/aromatic N) is 2. The van der Waals surface area contributed by atoms with Crippen LogP contribution in [-0.2, 0) is 9.53 Å². The Morgan fingerprint density at radius 1 is 1.15 bits per heavy atom. The molecule has 2 heterocycles. The predicted octanol–water partition coefficient (Wildman–Crippen LogP) is 2.39. The van der Waals surface area contributed by atoms with Crippen molar-refractivity contribution >= 4 is 28.4 Å². The lowest BCUT2D eigenvalue weighted by Crippen LogP contribution is -2.38. The summed E-state index contributed by atoms with van der Waals surface area (Å²) in [5.41, 5.74) is 3.04. The average molecular weight is 364 g/mol. The van der Waals surface area contributed by atoms with E-state index in [9.17, 15) is 9.59 Å². The fraction of sp³-hybridized carbons (Fsp3) is 0.250. The minimum atomic E-state index is -0.154. The quantitative estimate of drug-likeness (QED) is 0.745. The largest absolute Gasteiger partial charge is 0.378 e. The van der Waals surface area contributed by atoms with Gasteiger partial charge in [-0.25, -0.2) is 4.98 Å². The van der Waals surface area contributed by atoms with Gasteiger partial charge in [-0.05, 0) is 23.8 Å². The lowest BCUT2D eigenvalue weighted by molar-refractivity contribution is -0.114. The van der Waals surface area contributed by atoms with Crippen molar-refractivity contribution in [1.82, 2.24) is 9.97 Å².